The zero-order chi connectivity index (χ0) is 10.8. The summed E-state index contributed by atoms with van der Waals surface area (Å²) in [6, 6.07) is 4.58. The number of hydrogen-bond acceptors (Lipinski definition) is 3. The number of fused-ring (bicyclic) bond motifs is 1. The van der Waals surface area contributed by atoms with Crippen molar-refractivity contribution in [3.8, 4) is 0 Å². The van der Waals surface area contributed by atoms with Crippen LogP contribution in [0.2, 0.25) is 0 Å². The number of nitrogens with one attached hydrogen (secondary N) is 1. The SMILES string of the molecule is CNCc1nc(C)nc2cc(F)ccc12. The summed E-state index contributed by atoms with van der Waals surface area (Å²) in [5.41, 5.74) is 1.56. The van der Waals surface area contributed by atoms with E-state index in [0.29, 0.717) is 17.9 Å². The summed E-state index contributed by atoms with van der Waals surface area (Å²) in [5.74, 6) is 0.398. The molecule has 0 aliphatic rings. The van der Waals surface area contributed by atoms with Gasteiger partial charge in [0.15, 0.2) is 0 Å². The van der Waals surface area contributed by atoms with Crippen LogP contribution in [0.5, 0.6) is 0 Å². The molecule has 15 heavy (non-hydrogen) atoms. The van der Waals surface area contributed by atoms with Gasteiger partial charge in [-0.2, -0.15) is 0 Å². The van der Waals surface area contributed by atoms with Crippen LogP contribution in [0.4, 0.5) is 4.39 Å². The van der Waals surface area contributed by atoms with Crippen LogP contribution in [-0.2, 0) is 6.54 Å². The van der Waals surface area contributed by atoms with Gasteiger partial charge in [-0.15, -0.1) is 0 Å². The second-order valence-corrected chi connectivity index (χ2v) is 3.41. The maximum Gasteiger partial charge on any atom is 0.126 e. The third-order valence-electron chi connectivity index (χ3n) is 2.19. The Hall–Kier alpha value is -1.55. The monoisotopic (exact) mass is 205 g/mol. The molecule has 0 saturated heterocycles. The summed E-state index contributed by atoms with van der Waals surface area (Å²) in [4.78, 5) is 8.53. The average molecular weight is 205 g/mol. The van der Waals surface area contributed by atoms with Gasteiger partial charge < -0.3 is 5.32 Å². The van der Waals surface area contributed by atoms with Gasteiger partial charge in [0.1, 0.15) is 11.6 Å². The predicted molar refractivity (Wildman–Crippen MR) is 57.0 cm³/mol. The molecule has 1 aromatic carbocycles. The lowest BCUT2D eigenvalue weighted by molar-refractivity contribution is 0.629. The Labute approximate surface area is 87.4 Å². The molecule has 0 fully saturated rings. The number of benzene rings is 1. The Morgan fingerprint density at radius 3 is 2.87 bits per heavy atom. The van der Waals surface area contributed by atoms with Crippen LogP contribution >= 0.6 is 0 Å². The van der Waals surface area contributed by atoms with Gasteiger partial charge in [0, 0.05) is 18.0 Å². The van der Waals surface area contributed by atoms with Crippen molar-refractivity contribution >= 4 is 10.9 Å². The van der Waals surface area contributed by atoms with Gasteiger partial charge in [0.05, 0.1) is 11.2 Å². The van der Waals surface area contributed by atoms with Gasteiger partial charge in [-0.1, -0.05) is 0 Å². The maximum atomic E-state index is 13.0. The van der Waals surface area contributed by atoms with E-state index < -0.39 is 0 Å². The molecule has 0 amide bonds. The fourth-order valence-corrected chi connectivity index (χ4v) is 1.60. The van der Waals surface area contributed by atoms with E-state index in [0.717, 1.165) is 11.1 Å². The zero-order valence-electron chi connectivity index (χ0n) is 8.71. The molecule has 78 valence electrons. The zero-order valence-corrected chi connectivity index (χ0v) is 8.71. The van der Waals surface area contributed by atoms with Crippen molar-refractivity contribution in [1.82, 2.24) is 15.3 Å². The number of hydrogen-bond donors (Lipinski definition) is 1. The lowest BCUT2D eigenvalue weighted by Crippen LogP contribution is -2.09. The first-order valence-corrected chi connectivity index (χ1v) is 4.78. The van der Waals surface area contributed by atoms with Crippen molar-refractivity contribution in [2.24, 2.45) is 0 Å². The summed E-state index contributed by atoms with van der Waals surface area (Å²) >= 11 is 0. The van der Waals surface area contributed by atoms with Gasteiger partial charge in [0.25, 0.3) is 0 Å². The molecule has 0 bridgehead atoms. The molecule has 0 atom stereocenters. The first-order chi connectivity index (χ1) is 7.20. The van der Waals surface area contributed by atoms with Gasteiger partial charge in [-0.25, -0.2) is 14.4 Å². The van der Waals surface area contributed by atoms with E-state index >= 15 is 0 Å². The number of rotatable bonds is 2. The second kappa shape index (κ2) is 3.90. The van der Waals surface area contributed by atoms with E-state index in [-0.39, 0.29) is 5.82 Å². The predicted octanol–water partition coefficient (Wildman–Crippen LogP) is 1.80. The topological polar surface area (TPSA) is 37.8 Å². The number of nitrogens with zero attached hydrogens (tertiary/aromatic N) is 2. The second-order valence-electron chi connectivity index (χ2n) is 3.41. The minimum absolute atomic E-state index is 0.268. The minimum Gasteiger partial charge on any atom is -0.314 e. The van der Waals surface area contributed by atoms with Crippen LogP contribution in [0.15, 0.2) is 18.2 Å². The molecule has 0 aliphatic heterocycles. The van der Waals surface area contributed by atoms with Crippen LogP contribution in [0, 0.1) is 12.7 Å². The van der Waals surface area contributed by atoms with E-state index in [1.807, 2.05) is 14.0 Å². The van der Waals surface area contributed by atoms with Crippen LogP contribution in [0.1, 0.15) is 11.5 Å². The van der Waals surface area contributed by atoms with Gasteiger partial charge in [0.2, 0.25) is 0 Å². The molecule has 2 rings (SSSR count). The number of halogens is 1. The molecule has 0 aliphatic carbocycles. The van der Waals surface area contributed by atoms with Gasteiger partial charge in [-0.3, -0.25) is 0 Å². The van der Waals surface area contributed by atoms with Crippen LogP contribution in [-0.4, -0.2) is 17.0 Å². The standard InChI is InChI=1S/C11H12FN3/c1-7-14-10-5-8(12)3-4-9(10)11(15-7)6-13-2/h3-5,13H,6H2,1-2H3. The summed E-state index contributed by atoms with van der Waals surface area (Å²) in [5, 5.41) is 3.93. The van der Waals surface area contributed by atoms with Crippen molar-refractivity contribution in [2.75, 3.05) is 7.05 Å². The normalized spacial score (nSPS) is 10.9. The van der Waals surface area contributed by atoms with E-state index in [2.05, 4.69) is 15.3 Å². The van der Waals surface area contributed by atoms with Crippen LogP contribution in [0.3, 0.4) is 0 Å². The Kier molecular flexibility index (Phi) is 2.60. The fourth-order valence-electron chi connectivity index (χ4n) is 1.60. The molecule has 0 unspecified atom stereocenters. The quantitative estimate of drug-likeness (QED) is 0.812. The molecule has 1 N–H and O–H groups in total. The van der Waals surface area contributed by atoms with Gasteiger partial charge >= 0.3 is 0 Å². The van der Waals surface area contributed by atoms with E-state index in [9.17, 15) is 4.39 Å². The lowest BCUT2D eigenvalue weighted by Gasteiger charge is -2.06. The maximum absolute atomic E-state index is 13.0. The highest BCUT2D eigenvalue weighted by atomic mass is 19.1. The van der Waals surface area contributed by atoms with Crippen LogP contribution < -0.4 is 5.32 Å². The lowest BCUT2D eigenvalue weighted by atomic mass is 10.2. The van der Waals surface area contributed by atoms with Crippen molar-refractivity contribution in [3.63, 3.8) is 0 Å². The largest absolute Gasteiger partial charge is 0.314 e. The van der Waals surface area contributed by atoms with Crippen LogP contribution in [0.25, 0.3) is 10.9 Å². The van der Waals surface area contributed by atoms with E-state index in [4.69, 9.17) is 0 Å². The highest BCUT2D eigenvalue weighted by Crippen LogP contribution is 2.16. The summed E-state index contributed by atoms with van der Waals surface area (Å²) in [6.45, 7) is 2.47. The molecule has 3 nitrogen and oxygen atoms in total. The van der Waals surface area contributed by atoms with Crippen molar-refractivity contribution in [1.29, 1.82) is 0 Å². The smallest absolute Gasteiger partial charge is 0.126 e. The molecule has 0 saturated carbocycles. The molecule has 0 radical (unpaired) electrons. The molecule has 2 aromatic rings. The molecule has 0 spiro atoms. The molecule has 4 heteroatoms. The average Bonchev–Trinajstić information content (AvgIpc) is 2.17. The highest BCUT2D eigenvalue weighted by Gasteiger charge is 2.05. The summed E-state index contributed by atoms with van der Waals surface area (Å²) < 4.78 is 13.0. The first-order valence-electron chi connectivity index (χ1n) is 4.78. The third-order valence-corrected chi connectivity index (χ3v) is 2.19. The van der Waals surface area contributed by atoms with E-state index in [1.165, 1.54) is 12.1 Å². The minimum atomic E-state index is -0.268. The Morgan fingerprint density at radius 1 is 1.33 bits per heavy atom. The summed E-state index contributed by atoms with van der Waals surface area (Å²) in [6.07, 6.45) is 0. The number of aromatic nitrogens is 2. The fraction of sp³-hybridized carbons (Fsp3) is 0.273. The Morgan fingerprint density at radius 2 is 2.13 bits per heavy atom. The highest BCUT2D eigenvalue weighted by molar-refractivity contribution is 5.80. The van der Waals surface area contributed by atoms with Crippen molar-refractivity contribution in [2.45, 2.75) is 13.5 Å². The summed E-state index contributed by atoms with van der Waals surface area (Å²) in [7, 11) is 1.85. The van der Waals surface area contributed by atoms with Crippen molar-refractivity contribution in [3.05, 3.63) is 35.5 Å². The molecule has 1 heterocycles. The Bertz CT molecular complexity index is 491. The van der Waals surface area contributed by atoms with Crippen molar-refractivity contribution < 1.29 is 4.39 Å². The number of aryl methyl sites for hydroxylation is 1. The first kappa shape index (κ1) is 9.98. The molecular weight excluding hydrogens is 193 g/mol. The third kappa shape index (κ3) is 1.94. The Balaban J connectivity index is 2.68. The molecular formula is C11H12FN3. The van der Waals surface area contributed by atoms with E-state index in [1.54, 1.807) is 6.07 Å². The molecule has 1 aromatic heterocycles. The van der Waals surface area contributed by atoms with Gasteiger partial charge in [-0.05, 0) is 26.1 Å².